The van der Waals surface area contributed by atoms with E-state index in [0.717, 1.165) is 10.1 Å². The van der Waals surface area contributed by atoms with Crippen molar-refractivity contribution in [3.05, 3.63) is 0 Å². The van der Waals surface area contributed by atoms with Crippen molar-refractivity contribution in [3.63, 3.8) is 0 Å². The number of carbonyl (C=O) groups is 1. The number of aromatic nitrogens is 3. The number of carboxylic acids is 1. The van der Waals surface area contributed by atoms with Gasteiger partial charge in [0.25, 0.3) is 0 Å². The number of anilines is 2. The van der Waals surface area contributed by atoms with Crippen molar-refractivity contribution in [2.45, 2.75) is 115 Å². The summed E-state index contributed by atoms with van der Waals surface area (Å²) in [5.74, 6) is -0.752. The van der Waals surface area contributed by atoms with Crippen LogP contribution in [0.15, 0.2) is 0 Å². The van der Waals surface area contributed by atoms with E-state index in [4.69, 9.17) is 9.84 Å². The van der Waals surface area contributed by atoms with Crippen molar-refractivity contribution in [1.29, 1.82) is 0 Å². The molecule has 2 aliphatic heterocycles. The molecule has 0 aromatic carbocycles. The molecule has 2 saturated heterocycles. The van der Waals surface area contributed by atoms with Crippen LogP contribution in [0, 0.1) is 0 Å². The fourth-order valence-corrected chi connectivity index (χ4v) is 5.66. The largest absolute Gasteiger partial charge is 0.480 e. The Morgan fingerprint density at radius 2 is 1.31 bits per heavy atom. The third-order valence-corrected chi connectivity index (χ3v) is 6.76. The average molecular weight is 494 g/mol. The predicted octanol–water partition coefficient (Wildman–Crippen LogP) is 2.89. The van der Waals surface area contributed by atoms with Gasteiger partial charge >= 0.3 is 12.0 Å². The molecule has 0 amide bonds. The summed E-state index contributed by atoms with van der Waals surface area (Å²) in [5, 5.41) is 42.7. The number of ether oxygens (including phenoxy) is 1. The molecule has 2 fully saturated rings. The Morgan fingerprint density at radius 3 is 1.80 bits per heavy atom. The van der Waals surface area contributed by atoms with Crippen molar-refractivity contribution < 1.29 is 25.1 Å². The molecule has 2 radical (unpaired) electrons. The van der Waals surface area contributed by atoms with Gasteiger partial charge in [-0.2, -0.15) is 15.0 Å². The first-order valence-electron chi connectivity index (χ1n) is 12.0. The van der Waals surface area contributed by atoms with Gasteiger partial charge < -0.3 is 20.5 Å². The topological polar surface area (TPSA) is 156 Å². The summed E-state index contributed by atoms with van der Waals surface area (Å²) >= 11 is 0. The van der Waals surface area contributed by atoms with E-state index in [2.05, 4.69) is 25.6 Å². The van der Waals surface area contributed by atoms with Gasteiger partial charge in [-0.25, -0.2) is 0 Å². The molecule has 12 heteroatoms. The van der Waals surface area contributed by atoms with E-state index in [1.807, 2.05) is 55.4 Å². The van der Waals surface area contributed by atoms with Gasteiger partial charge in [-0.1, -0.05) is 0 Å². The molecule has 0 bridgehead atoms. The smallest absolute Gasteiger partial charge is 0.323 e. The van der Waals surface area contributed by atoms with E-state index in [1.54, 1.807) is 0 Å². The number of hydroxylamine groups is 4. The molecule has 0 saturated carbocycles. The summed E-state index contributed by atoms with van der Waals surface area (Å²) in [6, 6.07) is -0.0412. The highest BCUT2D eigenvalue weighted by Gasteiger charge is 2.48. The van der Waals surface area contributed by atoms with Crippen LogP contribution in [0.25, 0.3) is 0 Å². The molecular formula is C23H39N7O5. The zero-order chi connectivity index (χ0) is 26.4. The van der Waals surface area contributed by atoms with Gasteiger partial charge in [0.15, 0.2) is 0 Å². The first-order valence-corrected chi connectivity index (χ1v) is 12.0. The minimum absolute atomic E-state index is 0.0473. The number of nitrogens with one attached hydrogen (secondary N) is 2. The molecule has 0 aliphatic carbocycles. The van der Waals surface area contributed by atoms with Gasteiger partial charge in [-0.3, -0.25) is 4.79 Å². The van der Waals surface area contributed by atoms with Crippen LogP contribution in [-0.4, -0.2) is 77.0 Å². The lowest BCUT2D eigenvalue weighted by Crippen LogP contribution is -2.60. The number of hydrogen-bond acceptors (Lipinski definition) is 9. The number of aliphatic carboxylic acids is 1. The summed E-state index contributed by atoms with van der Waals surface area (Å²) in [7, 11) is 0. The maximum atomic E-state index is 12.7. The highest BCUT2D eigenvalue weighted by Crippen LogP contribution is 2.39. The Balaban J connectivity index is 1.85. The summed E-state index contributed by atoms with van der Waals surface area (Å²) in [6.45, 7) is 14.8. The van der Waals surface area contributed by atoms with Crippen LogP contribution in [0.3, 0.4) is 0 Å². The number of rotatable bonds is 7. The van der Waals surface area contributed by atoms with E-state index in [1.165, 1.54) is 0 Å². The highest BCUT2D eigenvalue weighted by molar-refractivity contribution is 5.71. The second kappa shape index (κ2) is 9.30. The van der Waals surface area contributed by atoms with Crippen molar-refractivity contribution in [3.8, 4) is 6.01 Å². The summed E-state index contributed by atoms with van der Waals surface area (Å²) in [5.41, 5.74) is -2.43. The van der Waals surface area contributed by atoms with Crippen LogP contribution < -0.4 is 15.4 Å². The first-order chi connectivity index (χ1) is 15.9. The maximum Gasteiger partial charge on any atom is 0.323 e. The fraction of sp³-hybridized carbons (Fsp3) is 0.826. The molecular weight excluding hydrogens is 454 g/mol. The molecule has 3 heterocycles. The standard InChI is InChI=1S/C23H39N7O5/c1-20(2)9-14(10-21(3,4)29(20)33)25-18-26-17(24-13-16(31)32)27-19(28-18)35-15-11-22(5,6)30(34)23(7,8)12-15/h14-15H,9-13H2,1-8H3,(H,31,32)(H2,24,25,26,27,28). The Morgan fingerprint density at radius 1 is 0.857 bits per heavy atom. The van der Waals surface area contributed by atoms with E-state index in [0.29, 0.717) is 25.7 Å². The maximum absolute atomic E-state index is 12.7. The second-order valence-electron chi connectivity index (χ2n) is 12.2. The molecule has 2 aliphatic rings. The zero-order valence-corrected chi connectivity index (χ0v) is 22.0. The molecule has 196 valence electrons. The fourth-order valence-electron chi connectivity index (χ4n) is 5.66. The molecule has 35 heavy (non-hydrogen) atoms. The van der Waals surface area contributed by atoms with Crippen LogP contribution >= 0.6 is 0 Å². The zero-order valence-electron chi connectivity index (χ0n) is 22.0. The van der Waals surface area contributed by atoms with Gasteiger partial charge in [0.2, 0.25) is 11.9 Å². The minimum atomic E-state index is -1.06. The lowest BCUT2D eigenvalue weighted by molar-refractivity contribution is -0.297. The molecule has 0 spiro atoms. The lowest BCUT2D eigenvalue weighted by atomic mass is 9.79. The summed E-state index contributed by atoms with van der Waals surface area (Å²) < 4.78 is 6.14. The van der Waals surface area contributed by atoms with E-state index in [-0.39, 0.29) is 36.6 Å². The molecule has 1 aromatic heterocycles. The Bertz CT molecular complexity index is 839. The minimum Gasteiger partial charge on any atom is -0.480 e. The van der Waals surface area contributed by atoms with Gasteiger partial charge in [0.1, 0.15) is 12.6 Å². The Labute approximate surface area is 207 Å². The number of piperidine rings is 2. The van der Waals surface area contributed by atoms with Gasteiger partial charge in [0, 0.05) is 41.0 Å². The van der Waals surface area contributed by atoms with Crippen LogP contribution in [0.5, 0.6) is 6.01 Å². The van der Waals surface area contributed by atoms with Crippen molar-refractivity contribution >= 4 is 17.9 Å². The van der Waals surface area contributed by atoms with Gasteiger partial charge in [0.05, 0.1) is 0 Å². The van der Waals surface area contributed by atoms with Crippen LogP contribution in [0.4, 0.5) is 11.9 Å². The number of hydrogen-bond donors (Lipinski definition) is 3. The molecule has 3 rings (SSSR count). The molecule has 12 nitrogen and oxygen atoms in total. The lowest BCUT2D eigenvalue weighted by Gasteiger charge is -2.50. The molecule has 3 N–H and O–H groups in total. The molecule has 1 aromatic rings. The monoisotopic (exact) mass is 493 g/mol. The Hall–Kier alpha value is -2.28. The average Bonchev–Trinajstić information content (AvgIpc) is 2.67. The SMILES string of the molecule is CC1(C)CC(Nc2nc(NCC(=O)O)nc(OC3CC(C)(C)N([O])C(C)(C)C3)n2)CC(C)(C)N1[O]. The van der Waals surface area contributed by atoms with Crippen LogP contribution in [0.1, 0.15) is 81.1 Å². The predicted molar refractivity (Wildman–Crippen MR) is 128 cm³/mol. The number of carboxylic acid groups (broad SMARTS) is 1. The van der Waals surface area contributed by atoms with Gasteiger partial charge in [-0.05, 0) is 68.2 Å². The first kappa shape index (κ1) is 27.3. The summed E-state index contributed by atoms with van der Waals surface area (Å²) in [4.78, 5) is 24.1. The molecule has 0 atom stereocenters. The van der Waals surface area contributed by atoms with Crippen molar-refractivity contribution in [2.75, 3.05) is 17.2 Å². The van der Waals surface area contributed by atoms with E-state index in [9.17, 15) is 15.2 Å². The number of nitrogens with zero attached hydrogens (tertiary/aromatic N) is 5. The van der Waals surface area contributed by atoms with Crippen LogP contribution in [-0.2, 0) is 15.2 Å². The second-order valence-corrected chi connectivity index (χ2v) is 12.2. The van der Waals surface area contributed by atoms with Gasteiger partial charge in [-0.15, -0.1) is 20.5 Å². The van der Waals surface area contributed by atoms with E-state index < -0.39 is 28.1 Å². The van der Waals surface area contributed by atoms with Crippen molar-refractivity contribution in [2.24, 2.45) is 0 Å². The third-order valence-electron chi connectivity index (χ3n) is 6.76. The molecule has 0 unspecified atom stereocenters. The highest BCUT2D eigenvalue weighted by atomic mass is 16.5. The quantitative estimate of drug-likeness (QED) is 0.516. The third kappa shape index (κ3) is 6.29. The normalized spacial score (nSPS) is 24.6. The van der Waals surface area contributed by atoms with Crippen molar-refractivity contribution in [1.82, 2.24) is 25.1 Å². The van der Waals surface area contributed by atoms with Crippen LogP contribution in [0.2, 0.25) is 0 Å². The Kier molecular flexibility index (Phi) is 7.26. The van der Waals surface area contributed by atoms with E-state index >= 15 is 0 Å². The summed E-state index contributed by atoms with van der Waals surface area (Å²) in [6.07, 6.45) is 1.80.